The summed E-state index contributed by atoms with van der Waals surface area (Å²) in [5, 5.41) is 1.20. The first-order valence-corrected chi connectivity index (χ1v) is 6.02. The molecule has 4 nitrogen and oxygen atoms in total. The molecule has 0 spiro atoms. The van der Waals surface area contributed by atoms with Crippen LogP contribution in [0.5, 0.6) is 0 Å². The van der Waals surface area contributed by atoms with E-state index < -0.39 is 0 Å². The number of nitrogens with two attached hydrogens (primary N) is 1. The van der Waals surface area contributed by atoms with Gasteiger partial charge in [0.15, 0.2) is 0 Å². The van der Waals surface area contributed by atoms with E-state index in [2.05, 4.69) is 23.2 Å². The number of hydrogen-bond donors (Lipinski definition) is 1. The maximum Gasteiger partial charge on any atom is 0.391 e. The van der Waals surface area contributed by atoms with Crippen molar-refractivity contribution in [2.45, 2.75) is 13.5 Å². The monoisotopic (exact) mass is 366 g/mol. The van der Waals surface area contributed by atoms with Gasteiger partial charge in [0.05, 0.1) is 18.3 Å². The minimum atomic E-state index is 0. The van der Waals surface area contributed by atoms with Crippen LogP contribution < -0.4 is 34.3 Å². The van der Waals surface area contributed by atoms with E-state index in [-0.39, 0.29) is 24.0 Å². The van der Waals surface area contributed by atoms with Crippen LogP contribution in [-0.2, 0) is 6.54 Å². The molecule has 0 saturated carbocycles. The van der Waals surface area contributed by atoms with Gasteiger partial charge in [0.1, 0.15) is 0 Å². The van der Waals surface area contributed by atoms with Gasteiger partial charge in [0.25, 0.3) is 0 Å². The van der Waals surface area contributed by atoms with Gasteiger partial charge in [-0.2, -0.15) is 0 Å². The van der Waals surface area contributed by atoms with Crippen LogP contribution in [0.2, 0.25) is 0 Å². The third-order valence-electron chi connectivity index (χ3n) is 3.11. The maximum atomic E-state index is 5.92. The normalized spacial score (nSPS) is 10.4. The summed E-state index contributed by atoms with van der Waals surface area (Å²) in [5.74, 6) is 1.38. The number of fused-ring (bicyclic) bond motifs is 1. The van der Waals surface area contributed by atoms with Crippen molar-refractivity contribution >= 4 is 16.9 Å². The quantitative estimate of drug-likeness (QED) is 0.464. The third kappa shape index (κ3) is 2.42. The summed E-state index contributed by atoms with van der Waals surface area (Å²) in [4.78, 5) is 4.44. The van der Waals surface area contributed by atoms with Gasteiger partial charge in [-0.25, -0.2) is 4.57 Å². The number of benzene rings is 1. The second kappa shape index (κ2) is 5.56. The molecule has 0 amide bonds. The third-order valence-corrected chi connectivity index (χ3v) is 3.11. The first-order valence-electron chi connectivity index (χ1n) is 6.02. The van der Waals surface area contributed by atoms with Crippen molar-refractivity contribution in [1.82, 2.24) is 9.55 Å². The zero-order valence-electron chi connectivity index (χ0n) is 10.6. The molecule has 1 aromatic carbocycles. The van der Waals surface area contributed by atoms with Gasteiger partial charge in [-0.1, -0.05) is 23.2 Å². The lowest BCUT2D eigenvalue weighted by atomic mass is 10.2. The lowest BCUT2D eigenvalue weighted by Gasteiger charge is -2.03. The number of aromatic nitrogens is 3. The molecule has 98 valence electrons. The summed E-state index contributed by atoms with van der Waals surface area (Å²) in [7, 11) is 0. The Bertz CT molecular complexity index is 705. The van der Waals surface area contributed by atoms with E-state index in [1.54, 1.807) is 0 Å². The lowest BCUT2D eigenvalue weighted by Crippen LogP contribution is -3.00. The van der Waals surface area contributed by atoms with Crippen molar-refractivity contribution < 1.29 is 28.5 Å². The molecule has 0 fully saturated rings. The molecule has 0 aliphatic rings. The number of aryl methyl sites for hydroxylation is 1. The second-order valence-corrected chi connectivity index (χ2v) is 4.17. The first-order chi connectivity index (χ1) is 8.79. The Hall–Kier alpha value is -1.63. The van der Waals surface area contributed by atoms with Crippen LogP contribution in [0, 0.1) is 0 Å². The van der Waals surface area contributed by atoms with E-state index in [0.717, 1.165) is 17.9 Å². The standard InChI is InChI=1S/C14H14N4.HI/c1-2-17-9-8-13(16-14(17)15)18-10-7-11-5-3-4-6-12(11)18;/h3-10,15H,2H2,1H3;1H. The fourth-order valence-electron chi connectivity index (χ4n) is 2.14. The highest BCUT2D eigenvalue weighted by molar-refractivity contribution is 5.81. The number of hydrogen-bond acceptors (Lipinski definition) is 2. The Morgan fingerprint density at radius 3 is 2.74 bits per heavy atom. The molecule has 2 heterocycles. The van der Waals surface area contributed by atoms with Crippen LogP contribution in [-0.4, -0.2) is 9.55 Å². The number of rotatable bonds is 2. The van der Waals surface area contributed by atoms with E-state index >= 15 is 0 Å². The van der Waals surface area contributed by atoms with Gasteiger partial charge < -0.3 is 24.0 Å². The van der Waals surface area contributed by atoms with Gasteiger partial charge in [0, 0.05) is 17.6 Å². The molecule has 0 saturated heterocycles. The zero-order chi connectivity index (χ0) is 12.5. The summed E-state index contributed by atoms with van der Waals surface area (Å²) in [6.45, 7) is 2.87. The Balaban J connectivity index is 0.00000133. The van der Waals surface area contributed by atoms with Crippen LogP contribution in [0.25, 0.3) is 16.7 Å². The van der Waals surface area contributed by atoms with Crippen molar-refractivity contribution in [2.24, 2.45) is 0 Å². The summed E-state index contributed by atoms with van der Waals surface area (Å²) in [6, 6.07) is 12.3. The van der Waals surface area contributed by atoms with E-state index in [1.807, 2.05) is 46.7 Å². The Labute approximate surface area is 128 Å². The van der Waals surface area contributed by atoms with Gasteiger partial charge >= 0.3 is 5.95 Å². The molecule has 2 N–H and O–H groups in total. The fraction of sp³-hybridized carbons (Fsp3) is 0.143. The van der Waals surface area contributed by atoms with Crippen LogP contribution in [0.3, 0.4) is 0 Å². The highest BCUT2D eigenvalue weighted by atomic mass is 127. The molecule has 0 aliphatic carbocycles. The Morgan fingerprint density at radius 1 is 1.21 bits per heavy atom. The number of halogens is 1. The van der Waals surface area contributed by atoms with Crippen LogP contribution in [0.1, 0.15) is 6.92 Å². The van der Waals surface area contributed by atoms with E-state index in [0.29, 0.717) is 5.95 Å². The molecular weight excluding hydrogens is 351 g/mol. The van der Waals surface area contributed by atoms with Gasteiger partial charge in [-0.05, 0) is 19.1 Å². The van der Waals surface area contributed by atoms with Crippen LogP contribution in [0.4, 0.5) is 5.95 Å². The summed E-state index contributed by atoms with van der Waals surface area (Å²) < 4.78 is 3.96. The minimum absolute atomic E-state index is 0. The van der Waals surface area contributed by atoms with Gasteiger partial charge in [-0.3, -0.25) is 10.3 Å². The molecule has 2 aromatic heterocycles. The molecule has 3 rings (SSSR count). The van der Waals surface area contributed by atoms with Gasteiger partial charge in [-0.15, -0.1) is 0 Å². The van der Waals surface area contributed by atoms with Gasteiger partial charge in [0.2, 0.25) is 5.82 Å². The zero-order valence-corrected chi connectivity index (χ0v) is 12.8. The van der Waals surface area contributed by atoms with Crippen molar-refractivity contribution in [1.29, 1.82) is 0 Å². The topological polar surface area (TPSA) is 47.7 Å². The van der Waals surface area contributed by atoms with Crippen LogP contribution >= 0.6 is 0 Å². The molecule has 0 radical (unpaired) electrons. The smallest absolute Gasteiger partial charge is 0.391 e. The van der Waals surface area contributed by atoms with Crippen molar-refractivity contribution in [3.63, 3.8) is 0 Å². The van der Waals surface area contributed by atoms with Crippen molar-refractivity contribution in [3.8, 4) is 5.82 Å². The summed E-state index contributed by atoms with van der Waals surface area (Å²) >= 11 is 0. The van der Waals surface area contributed by atoms with Crippen molar-refractivity contribution in [2.75, 3.05) is 5.73 Å². The van der Waals surface area contributed by atoms with E-state index in [9.17, 15) is 0 Å². The number of nitrogens with zero attached hydrogens (tertiary/aromatic N) is 3. The second-order valence-electron chi connectivity index (χ2n) is 4.17. The lowest BCUT2D eigenvalue weighted by molar-refractivity contribution is -0.681. The van der Waals surface area contributed by atoms with E-state index in [4.69, 9.17) is 5.73 Å². The number of para-hydroxylation sites is 1. The maximum absolute atomic E-state index is 5.92. The van der Waals surface area contributed by atoms with Crippen LogP contribution in [0.15, 0.2) is 48.8 Å². The first kappa shape index (κ1) is 13.8. The average Bonchev–Trinajstić information content (AvgIpc) is 2.82. The molecule has 19 heavy (non-hydrogen) atoms. The number of anilines is 1. The predicted octanol–water partition coefficient (Wildman–Crippen LogP) is -1.08. The minimum Gasteiger partial charge on any atom is -1.00 e. The van der Waals surface area contributed by atoms with Crippen molar-refractivity contribution in [3.05, 3.63) is 48.8 Å². The summed E-state index contributed by atoms with van der Waals surface area (Å²) in [5.41, 5.74) is 7.06. The fourth-order valence-corrected chi connectivity index (χ4v) is 2.14. The highest BCUT2D eigenvalue weighted by Gasteiger charge is 2.10. The highest BCUT2D eigenvalue weighted by Crippen LogP contribution is 2.18. The largest absolute Gasteiger partial charge is 1.00 e. The Morgan fingerprint density at radius 2 is 2.00 bits per heavy atom. The molecule has 0 atom stereocenters. The average molecular weight is 366 g/mol. The Kier molecular flexibility index (Phi) is 4.04. The number of nitrogen functional groups attached to an aromatic ring is 1. The molecule has 3 aromatic rings. The molecular formula is C14H15IN4. The molecule has 0 unspecified atom stereocenters. The molecule has 0 bridgehead atoms. The molecule has 0 aliphatic heterocycles. The predicted molar refractivity (Wildman–Crippen MR) is 71.4 cm³/mol. The summed E-state index contributed by atoms with van der Waals surface area (Å²) in [6.07, 6.45) is 3.98. The SMILES string of the molecule is CC[n+]1ccc(-n2ccc3ccccc32)nc1N.[I-]. The van der Waals surface area contributed by atoms with E-state index in [1.165, 1.54) is 5.39 Å². The molecule has 5 heteroatoms.